The first-order valence-electron chi connectivity index (χ1n) is 10.8. The Bertz CT molecular complexity index is 1070. The molecule has 6 nitrogen and oxygen atoms in total. The third-order valence-electron chi connectivity index (χ3n) is 6.28. The van der Waals surface area contributed by atoms with Crippen LogP contribution in [0.4, 0.5) is 0 Å². The molecule has 1 aliphatic rings. The molecule has 31 heavy (non-hydrogen) atoms. The zero-order valence-corrected chi connectivity index (χ0v) is 18.4. The van der Waals surface area contributed by atoms with Crippen LogP contribution in [-0.4, -0.2) is 58.8 Å². The number of carbonyl (C=O) groups is 2. The fourth-order valence-electron chi connectivity index (χ4n) is 4.24. The summed E-state index contributed by atoms with van der Waals surface area (Å²) in [6.45, 7) is 8.54. The molecule has 4 rings (SSSR count). The van der Waals surface area contributed by atoms with Crippen LogP contribution in [0.25, 0.3) is 10.9 Å². The summed E-state index contributed by atoms with van der Waals surface area (Å²) in [5, 5.41) is 4.13. The van der Waals surface area contributed by atoms with Gasteiger partial charge in [0, 0.05) is 43.3 Å². The Hall–Kier alpha value is -3.12. The van der Waals surface area contributed by atoms with Crippen LogP contribution in [0.15, 0.2) is 60.8 Å². The summed E-state index contributed by atoms with van der Waals surface area (Å²) >= 11 is 0. The molecule has 0 bridgehead atoms. The molecule has 1 atom stereocenters. The second-order valence-corrected chi connectivity index (χ2v) is 8.73. The number of hydrogen-bond acceptors (Lipinski definition) is 3. The predicted molar refractivity (Wildman–Crippen MR) is 123 cm³/mol. The maximum absolute atomic E-state index is 13.0. The predicted octanol–water partition coefficient (Wildman–Crippen LogP) is 3.37. The highest BCUT2D eigenvalue weighted by Crippen LogP contribution is 2.22. The minimum atomic E-state index is -0.445. The number of aromatic amines is 1. The van der Waals surface area contributed by atoms with Crippen molar-refractivity contribution in [2.24, 2.45) is 0 Å². The van der Waals surface area contributed by atoms with E-state index in [1.165, 1.54) is 0 Å². The zero-order valence-electron chi connectivity index (χ0n) is 18.4. The van der Waals surface area contributed by atoms with Crippen molar-refractivity contribution in [3.8, 4) is 0 Å². The molecule has 0 radical (unpaired) electrons. The molecule has 0 saturated carbocycles. The van der Waals surface area contributed by atoms with E-state index in [0.29, 0.717) is 31.7 Å². The minimum Gasteiger partial charge on any atom is -0.360 e. The monoisotopic (exact) mass is 418 g/mol. The Labute approximate surface area is 183 Å². The molecular weight excluding hydrogens is 388 g/mol. The number of H-pyrrole nitrogens is 1. The van der Waals surface area contributed by atoms with Crippen LogP contribution in [0.3, 0.4) is 0 Å². The van der Waals surface area contributed by atoms with E-state index in [9.17, 15) is 9.59 Å². The Kier molecular flexibility index (Phi) is 5.83. The fraction of sp³-hybridized carbons (Fsp3) is 0.360. The average molecular weight is 419 g/mol. The number of aromatic nitrogens is 1. The summed E-state index contributed by atoms with van der Waals surface area (Å²) in [6, 6.07) is 17.6. The van der Waals surface area contributed by atoms with Crippen LogP contribution in [0.5, 0.6) is 0 Å². The van der Waals surface area contributed by atoms with Crippen LogP contribution in [0, 0.1) is 0 Å². The molecule has 1 unspecified atom stereocenters. The summed E-state index contributed by atoms with van der Waals surface area (Å²) in [5.41, 5.74) is 2.31. The standard InChI is InChI=1S/C25H30N4O2/c1-18(23(30)27-25(2,3)19-9-5-4-6-10-19)28-13-15-29(16-14-28)24(31)21-17-26-22-12-8-7-11-20(21)22/h4-12,17-18,26H,13-16H2,1-3H3,(H,27,30). The van der Waals surface area contributed by atoms with Gasteiger partial charge in [0.15, 0.2) is 0 Å². The van der Waals surface area contributed by atoms with Crippen molar-refractivity contribution in [3.05, 3.63) is 71.9 Å². The third kappa shape index (κ3) is 4.35. The topological polar surface area (TPSA) is 68.4 Å². The largest absolute Gasteiger partial charge is 0.360 e. The molecule has 0 spiro atoms. The van der Waals surface area contributed by atoms with Gasteiger partial charge in [-0.1, -0.05) is 48.5 Å². The third-order valence-corrected chi connectivity index (χ3v) is 6.28. The average Bonchev–Trinajstić information content (AvgIpc) is 3.23. The Morgan fingerprint density at radius 1 is 0.968 bits per heavy atom. The van der Waals surface area contributed by atoms with Gasteiger partial charge in [-0.05, 0) is 32.4 Å². The molecule has 2 heterocycles. The summed E-state index contributed by atoms with van der Waals surface area (Å²) in [5.74, 6) is 0.0460. The lowest BCUT2D eigenvalue weighted by Gasteiger charge is -2.38. The number of benzene rings is 2. The van der Waals surface area contributed by atoms with E-state index in [0.717, 1.165) is 16.5 Å². The number of nitrogens with one attached hydrogen (secondary N) is 2. The Balaban J connectivity index is 1.36. The van der Waals surface area contributed by atoms with Gasteiger partial charge in [-0.2, -0.15) is 0 Å². The number of carbonyl (C=O) groups excluding carboxylic acids is 2. The highest BCUT2D eigenvalue weighted by molar-refractivity contribution is 6.06. The summed E-state index contributed by atoms with van der Waals surface area (Å²) in [7, 11) is 0. The van der Waals surface area contributed by atoms with Gasteiger partial charge < -0.3 is 15.2 Å². The lowest BCUT2D eigenvalue weighted by Crippen LogP contribution is -2.56. The normalized spacial score (nSPS) is 16.3. The van der Waals surface area contributed by atoms with E-state index in [1.807, 2.05) is 80.3 Å². The van der Waals surface area contributed by atoms with Crippen molar-refractivity contribution in [1.82, 2.24) is 20.1 Å². The van der Waals surface area contributed by atoms with Gasteiger partial charge in [-0.25, -0.2) is 0 Å². The second-order valence-electron chi connectivity index (χ2n) is 8.73. The number of nitrogens with zero attached hydrogens (tertiary/aromatic N) is 2. The fourth-order valence-corrected chi connectivity index (χ4v) is 4.24. The number of para-hydroxylation sites is 1. The first kappa shape index (κ1) is 21.1. The number of amides is 2. The summed E-state index contributed by atoms with van der Waals surface area (Å²) < 4.78 is 0. The van der Waals surface area contributed by atoms with Crippen LogP contribution in [0.2, 0.25) is 0 Å². The van der Waals surface area contributed by atoms with E-state index < -0.39 is 5.54 Å². The molecule has 1 aliphatic heterocycles. The lowest BCUT2D eigenvalue weighted by molar-refractivity contribution is -0.128. The highest BCUT2D eigenvalue weighted by Gasteiger charge is 2.31. The SMILES string of the molecule is CC(C(=O)NC(C)(C)c1ccccc1)N1CCN(C(=O)c2c[nH]c3ccccc23)CC1. The van der Waals surface area contributed by atoms with Gasteiger partial charge in [0.25, 0.3) is 5.91 Å². The number of fused-ring (bicyclic) bond motifs is 1. The lowest BCUT2D eigenvalue weighted by atomic mass is 9.94. The van der Waals surface area contributed by atoms with E-state index in [-0.39, 0.29) is 17.9 Å². The molecule has 1 fully saturated rings. The maximum Gasteiger partial charge on any atom is 0.256 e. The van der Waals surface area contributed by atoms with Crippen molar-refractivity contribution in [1.29, 1.82) is 0 Å². The van der Waals surface area contributed by atoms with Crippen LogP contribution < -0.4 is 5.32 Å². The van der Waals surface area contributed by atoms with Gasteiger partial charge >= 0.3 is 0 Å². The molecule has 2 N–H and O–H groups in total. The van der Waals surface area contributed by atoms with Gasteiger partial charge in [-0.3, -0.25) is 14.5 Å². The zero-order chi connectivity index (χ0) is 22.0. The van der Waals surface area contributed by atoms with Crippen molar-refractivity contribution < 1.29 is 9.59 Å². The van der Waals surface area contributed by atoms with E-state index in [2.05, 4.69) is 15.2 Å². The van der Waals surface area contributed by atoms with Crippen molar-refractivity contribution >= 4 is 22.7 Å². The molecule has 1 saturated heterocycles. The number of rotatable bonds is 5. The van der Waals surface area contributed by atoms with Gasteiger partial charge in [-0.15, -0.1) is 0 Å². The molecule has 162 valence electrons. The molecule has 2 aromatic carbocycles. The van der Waals surface area contributed by atoms with Crippen LogP contribution in [-0.2, 0) is 10.3 Å². The smallest absolute Gasteiger partial charge is 0.256 e. The van der Waals surface area contributed by atoms with Crippen LogP contribution in [0.1, 0.15) is 36.7 Å². The van der Waals surface area contributed by atoms with Gasteiger partial charge in [0.05, 0.1) is 17.1 Å². The minimum absolute atomic E-state index is 0.00487. The molecule has 3 aromatic rings. The van der Waals surface area contributed by atoms with Gasteiger partial charge in [0.1, 0.15) is 0 Å². The Morgan fingerprint density at radius 2 is 1.61 bits per heavy atom. The molecule has 6 heteroatoms. The molecular formula is C25H30N4O2. The van der Waals surface area contributed by atoms with Crippen LogP contribution >= 0.6 is 0 Å². The summed E-state index contributed by atoms with van der Waals surface area (Å²) in [4.78, 5) is 33.2. The summed E-state index contributed by atoms with van der Waals surface area (Å²) in [6.07, 6.45) is 1.79. The highest BCUT2D eigenvalue weighted by atomic mass is 16.2. The van der Waals surface area contributed by atoms with Crippen molar-refractivity contribution in [3.63, 3.8) is 0 Å². The van der Waals surface area contributed by atoms with Crippen molar-refractivity contribution in [2.75, 3.05) is 26.2 Å². The maximum atomic E-state index is 13.0. The Morgan fingerprint density at radius 3 is 2.32 bits per heavy atom. The van der Waals surface area contributed by atoms with Gasteiger partial charge in [0.2, 0.25) is 5.91 Å². The van der Waals surface area contributed by atoms with E-state index >= 15 is 0 Å². The number of piperazine rings is 1. The molecule has 1 aromatic heterocycles. The molecule has 2 amide bonds. The number of hydrogen-bond donors (Lipinski definition) is 2. The van der Waals surface area contributed by atoms with E-state index in [1.54, 1.807) is 6.20 Å². The van der Waals surface area contributed by atoms with E-state index in [4.69, 9.17) is 0 Å². The first-order chi connectivity index (χ1) is 14.9. The molecule has 0 aliphatic carbocycles. The quantitative estimate of drug-likeness (QED) is 0.668. The van der Waals surface area contributed by atoms with Crippen molar-refractivity contribution in [2.45, 2.75) is 32.4 Å². The second kappa shape index (κ2) is 8.55. The first-order valence-corrected chi connectivity index (χ1v) is 10.8.